The number of carbonyl (C=O) groups is 2. The molecule has 0 saturated heterocycles. The number of fused-ring (bicyclic) bond motifs is 2. The Morgan fingerprint density at radius 2 is 1.89 bits per heavy atom. The highest BCUT2D eigenvalue weighted by Gasteiger charge is 2.24. The van der Waals surface area contributed by atoms with Gasteiger partial charge < -0.3 is 19.9 Å². The van der Waals surface area contributed by atoms with Crippen LogP contribution in [-0.2, 0) is 9.53 Å². The van der Waals surface area contributed by atoms with Gasteiger partial charge in [0.25, 0.3) is 5.91 Å². The number of ether oxygens (including phenoxy) is 1. The highest BCUT2D eigenvalue weighted by molar-refractivity contribution is 6.35. The summed E-state index contributed by atoms with van der Waals surface area (Å²) in [5.41, 5.74) is 2.39. The first kappa shape index (κ1) is 25.0. The highest BCUT2D eigenvalue weighted by atomic mass is 35.5. The molecule has 0 radical (unpaired) electrons. The second-order valence-corrected chi connectivity index (χ2v) is 9.86. The normalized spacial score (nSPS) is 14.0. The number of rotatable bonds is 7. The van der Waals surface area contributed by atoms with Crippen molar-refractivity contribution in [3.8, 4) is 0 Å². The quantitative estimate of drug-likeness (QED) is 0.246. The lowest BCUT2D eigenvalue weighted by Crippen LogP contribution is -2.28. The van der Waals surface area contributed by atoms with E-state index in [-0.39, 0.29) is 24.4 Å². The molecule has 2 aromatic carbocycles. The highest BCUT2D eigenvalue weighted by Crippen LogP contribution is 2.30. The molecule has 2 aromatic heterocycles. The van der Waals surface area contributed by atoms with E-state index in [1.807, 2.05) is 18.2 Å². The Balaban J connectivity index is 1.49. The van der Waals surface area contributed by atoms with Crippen molar-refractivity contribution >= 4 is 62.8 Å². The predicted molar refractivity (Wildman–Crippen MR) is 143 cm³/mol. The third kappa shape index (κ3) is 5.23. The Labute approximate surface area is 222 Å². The van der Waals surface area contributed by atoms with Crippen LogP contribution < -0.4 is 5.32 Å². The van der Waals surface area contributed by atoms with Crippen LogP contribution in [0, 0.1) is 5.92 Å². The second-order valence-electron chi connectivity index (χ2n) is 9.02. The van der Waals surface area contributed by atoms with E-state index in [0.717, 1.165) is 5.52 Å². The molecule has 0 unspecified atom stereocenters. The minimum absolute atomic E-state index is 0.00231. The number of amides is 1. The Morgan fingerprint density at radius 1 is 1.11 bits per heavy atom. The first-order chi connectivity index (χ1) is 17.8. The number of esters is 1. The van der Waals surface area contributed by atoms with Gasteiger partial charge in [0, 0.05) is 23.5 Å². The predicted octanol–water partition coefficient (Wildman–Crippen LogP) is 5.18. The second kappa shape index (κ2) is 10.4. The molecule has 0 saturated carbocycles. The number of benzene rings is 2. The standard InChI is InChI=1S/C26H24Cl2N6O3/c1-14(2)26(36)37-12-22(24-31-19-6-5-15(27)9-21(19)32-24)33-23-17-10-18(28)16(11-20(17)29-13-30-23)25(35)34-7-3-4-8-34/h3-6,9-11,13-14,22H,7-8,12H2,1-2H3,(H,31,32)(H,29,30,33)/t22-/m1/s1. The van der Waals surface area contributed by atoms with Crippen molar-refractivity contribution in [2.45, 2.75) is 19.9 Å². The average molecular weight is 539 g/mol. The summed E-state index contributed by atoms with van der Waals surface area (Å²) in [6, 6.07) is 8.13. The first-order valence-corrected chi connectivity index (χ1v) is 12.5. The molecule has 1 atom stereocenters. The number of anilines is 1. The Bertz CT molecular complexity index is 1530. The summed E-state index contributed by atoms with van der Waals surface area (Å²) in [4.78, 5) is 43.5. The minimum Gasteiger partial charge on any atom is -0.463 e. The largest absolute Gasteiger partial charge is 0.463 e. The third-order valence-electron chi connectivity index (χ3n) is 6.03. The maximum Gasteiger partial charge on any atom is 0.308 e. The van der Waals surface area contributed by atoms with Gasteiger partial charge in [-0.15, -0.1) is 0 Å². The molecule has 37 heavy (non-hydrogen) atoms. The summed E-state index contributed by atoms with van der Waals surface area (Å²) < 4.78 is 5.54. The molecule has 11 heteroatoms. The van der Waals surface area contributed by atoms with E-state index in [1.54, 1.807) is 43.0 Å². The number of hydrogen-bond donors (Lipinski definition) is 2. The van der Waals surface area contributed by atoms with Crippen molar-refractivity contribution in [1.29, 1.82) is 0 Å². The molecule has 5 rings (SSSR count). The first-order valence-electron chi connectivity index (χ1n) is 11.8. The number of hydrogen-bond acceptors (Lipinski definition) is 7. The molecular formula is C26H24Cl2N6O3. The molecule has 1 amide bonds. The monoisotopic (exact) mass is 538 g/mol. The molecule has 3 heterocycles. The van der Waals surface area contributed by atoms with Crippen molar-refractivity contribution in [2.24, 2.45) is 5.92 Å². The van der Waals surface area contributed by atoms with E-state index in [0.29, 0.717) is 56.8 Å². The van der Waals surface area contributed by atoms with Crippen LogP contribution in [0.4, 0.5) is 5.82 Å². The zero-order chi connectivity index (χ0) is 26.1. The fourth-order valence-electron chi connectivity index (χ4n) is 4.02. The molecule has 0 aliphatic carbocycles. The van der Waals surface area contributed by atoms with Crippen molar-refractivity contribution in [3.05, 3.63) is 70.2 Å². The van der Waals surface area contributed by atoms with E-state index in [4.69, 9.17) is 27.9 Å². The number of nitrogens with one attached hydrogen (secondary N) is 2. The summed E-state index contributed by atoms with van der Waals surface area (Å²) >= 11 is 12.7. The van der Waals surface area contributed by atoms with Crippen molar-refractivity contribution in [3.63, 3.8) is 0 Å². The van der Waals surface area contributed by atoms with Gasteiger partial charge in [0.1, 0.15) is 30.6 Å². The van der Waals surface area contributed by atoms with Gasteiger partial charge in [-0.2, -0.15) is 0 Å². The lowest BCUT2D eigenvalue weighted by molar-refractivity contribution is -0.147. The third-order valence-corrected chi connectivity index (χ3v) is 6.58. The number of aromatic amines is 1. The SMILES string of the molecule is CC(C)C(=O)OC[C@@H](Nc1ncnc2cc(C(=O)N3CC=CC3)c(Cl)cc12)c1nc2cc(Cl)ccc2[nH]1. The lowest BCUT2D eigenvalue weighted by Gasteiger charge is -2.20. The molecular weight excluding hydrogens is 515 g/mol. The van der Waals surface area contributed by atoms with E-state index in [9.17, 15) is 9.59 Å². The molecule has 2 N–H and O–H groups in total. The number of H-pyrrole nitrogens is 1. The van der Waals surface area contributed by atoms with Gasteiger partial charge in [-0.05, 0) is 30.3 Å². The molecule has 1 aliphatic rings. The Morgan fingerprint density at radius 3 is 2.65 bits per heavy atom. The molecule has 1 aliphatic heterocycles. The van der Waals surface area contributed by atoms with Crippen molar-refractivity contribution in [1.82, 2.24) is 24.8 Å². The Hall–Kier alpha value is -3.69. The summed E-state index contributed by atoms with van der Waals surface area (Å²) in [6.07, 6.45) is 5.28. The summed E-state index contributed by atoms with van der Waals surface area (Å²) in [7, 11) is 0. The van der Waals surface area contributed by atoms with Crippen LogP contribution in [0.3, 0.4) is 0 Å². The van der Waals surface area contributed by atoms with E-state index in [2.05, 4.69) is 25.3 Å². The smallest absolute Gasteiger partial charge is 0.308 e. The topological polar surface area (TPSA) is 113 Å². The summed E-state index contributed by atoms with van der Waals surface area (Å²) in [5, 5.41) is 4.79. The number of imidazole rings is 1. The summed E-state index contributed by atoms with van der Waals surface area (Å²) in [5.74, 6) is 0.221. The van der Waals surface area contributed by atoms with Gasteiger partial charge in [-0.25, -0.2) is 15.0 Å². The van der Waals surface area contributed by atoms with Gasteiger partial charge in [0.15, 0.2) is 0 Å². The van der Waals surface area contributed by atoms with Gasteiger partial charge in [0.05, 0.1) is 33.1 Å². The molecule has 190 valence electrons. The maximum absolute atomic E-state index is 12.9. The van der Waals surface area contributed by atoms with E-state index in [1.165, 1.54) is 6.33 Å². The number of halogens is 2. The van der Waals surface area contributed by atoms with Crippen molar-refractivity contribution in [2.75, 3.05) is 25.0 Å². The average Bonchev–Trinajstić information content (AvgIpc) is 3.56. The van der Waals surface area contributed by atoms with Crippen LogP contribution in [0.15, 0.2) is 48.8 Å². The number of carbonyl (C=O) groups excluding carboxylic acids is 2. The summed E-state index contributed by atoms with van der Waals surface area (Å²) in [6.45, 7) is 4.63. The van der Waals surface area contributed by atoms with Crippen LogP contribution in [0.1, 0.15) is 36.1 Å². The van der Waals surface area contributed by atoms with Gasteiger partial charge in [-0.1, -0.05) is 49.2 Å². The zero-order valence-corrected chi connectivity index (χ0v) is 21.7. The van der Waals surface area contributed by atoms with E-state index < -0.39 is 6.04 Å². The molecule has 0 bridgehead atoms. The van der Waals surface area contributed by atoms with Crippen LogP contribution in [-0.4, -0.2) is 56.4 Å². The van der Waals surface area contributed by atoms with Crippen LogP contribution in [0.5, 0.6) is 0 Å². The zero-order valence-electron chi connectivity index (χ0n) is 20.2. The fourth-order valence-corrected chi connectivity index (χ4v) is 4.43. The van der Waals surface area contributed by atoms with Gasteiger partial charge in [-0.3, -0.25) is 9.59 Å². The van der Waals surface area contributed by atoms with Gasteiger partial charge >= 0.3 is 5.97 Å². The van der Waals surface area contributed by atoms with Crippen LogP contribution in [0.25, 0.3) is 21.9 Å². The Kier molecular flexibility index (Phi) is 6.99. The maximum atomic E-state index is 12.9. The minimum atomic E-state index is -0.567. The molecule has 0 spiro atoms. The van der Waals surface area contributed by atoms with Gasteiger partial charge in [0.2, 0.25) is 0 Å². The van der Waals surface area contributed by atoms with Crippen LogP contribution >= 0.6 is 23.2 Å². The fraction of sp³-hybridized carbons (Fsp3) is 0.269. The lowest BCUT2D eigenvalue weighted by atomic mass is 10.1. The van der Waals surface area contributed by atoms with Crippen LogP contribution in [0.2, 0.25) is 10.0 Å². The molecule has 9 nitrogen and oxygen atoms in total. The number of aromatic nitrogens is 4. The van der Waals surface area contributed by atoms with E-state index >= 15 is 0 Å². The number of nitrogens with zero attached hydrogens (tertiary/aromatic N) is 4. The van der Waals surface area contributed by atoms with Crippen molar-refractivity contribution < 1.29 is 14.3 Å². The molecule has 4 aromatic rings. The molecule has 0 fully saturated rings.